The number of benzene rings is 3. The molecule has 0 fully saturated rings. The highest BCUT2D eigenvalue weighted by atomic mass is 16.3. The lowest BCUT2D eigenvalue weighted by molar-refractivity contribution is -0.118. The van der Waals surface area contributed by atoms with Gasteiger partial charge in [-0.15, -0.1) is 0 Å². The van der Waals surface area contributed by atoms with Crippen LogP contribution in [0, 0.1) is 0 Å². The zero-order valence-corrected chi connectivity index (χ0v) is 19.1. The van der Waals surface area contributed by atoms with Gasteiger partial charge < -0.3 is 19.9 Å². The molecule has 2 N–H and O–H groups in total. The molecule has 0 bridgehead atoms. The van der Waals surface area contributed by atoms with Crippen LogP contribution in [0.4, 0.5) is 11.4 Å². The van der Waals surface area contributed by atoms with Crippen molar-refractivity contribution in [3.63, 3.8) is 0 Å². The Hall–Kier alpha value is -3.90. The molecule has 6 nitrogen and oxygen atoms in total. The minimum atomic E-state index is 0.0636. The van der Waals surface area contributed by atoms with Gasteiger partial charge in [0.2, 0.25) is 5.91 Å². The Bertz CT molecular complexity index is 1270. The highest BCUT2D eigenvalue weighted by molar-refractivity contribution is 6.21. The van der Waals surface area contributed by atoms with Crippen LogP contribution in [-0.4, -0.2) is 54.3 Å². The van der Waals surface area contributed by atoms with Gasteiger partial charge in [-0.2, -0.15) is 0 Å². The Kier molecular flexibility index (Phi) is 6.56. The van der Waals surface area contributed by atoms with Crippen LogP contribution >= 0.6 is 0 Å². The molecule has 4 aromatic rings. The van der Waals surface area contributed by atoms with E-state index in [1.807, 2.05) is 97.9 Å². The number of H-pyrrole nitrogens is 1. The monoisotopic (exact) mass is 440 g/mol. The molecule has 0 unspecified atom stereocenters. The van der Waals surface area contributed by atoms with Gasteiger partial charge >= 0.3 is 0 Å². The summed E-state index contributed by atoms with van der Waals surface area (Å²) < 4.78 is 0. The molecule has 1 aromatic heterocycles. The van der Waals surface area contributed by atoms with Gasteiger partial charge in [-0.25, -0.2) is 4.99 Å². The first-order valence-corrected chi connectivity index (χ1v) is 10.9. The molecule has 3 aromatic carbocycles. The molecule has 0 radical (unpaired) electrons. The second-order valence-electron chi connectivity index (χ2n) is 8.24. The van der Waals surface area contributed by atoms with Crippen LogP contribution in [0.5, 0.6) is 5.88 Å². The van der Waals surface area contributed by atoms with Crippen LogP contribution in [0.15, 0.2) is 83.9 Å². The van der Waals surface area contributed by atoms with E-state index in [0.717, 1.165) is 27.8 Å². The van der Waals surface area contributed by atoms with Crippen molar-refractivity contribution in [2.45, 2.75) is 6.42 Å². The van der Waals surface area contributed by atoms with Crippen molar-refractivity contribution >= 4 is 33.9 Å². The zero-order chi connectivity index (χ0) is 23.4. The van der Waals surface area contributed by atoms with Crippen LogP contribution in [0.2, 0.25) is 0 Å². The topological polar surface area (TPSA) is 71.9 Å². The zero-order valence-electron chi connectivity index (χ0n) is 19.1. The number of rotatable bonds is 7. The van der Waals surface area contributed by atoms with Gasteiger partial charge in [0.15, 0.2) is 5.88 Å². The molecular formula is C27H28N4O2. The highest BCUT2D eigenvalue weighted by Gasteiger charge is 2.18. The first kappa shape index (κ1) is 22.3. The van der Waals surface area contributed by atoms with Crippen LogP contribution in [0.3, 0.4) is 0 Å². The quantitative estimate of drug-likeness (QED) is 0.399. The molecule has 0 aliphatic heterocycles. The summed E-state index contributed by atoms with van der Waals surface area (Å²) in [4.78, 5) is 24.1. The van der Waals surface area contributed by atoms with Gasteiger partial charge in [0.25, 0.3) is 0 Å². The second kappa shape index (κ2) is 9.71. The molecule has 0 aliphatic rings. The lowest BCUT2D eigenvalue weighted by atomic mass is 10.0. The standard InChI is InChI=1S/C27H28N4O2/c1-30(2)18-17-24(32)31(3)21-15-13-20(14-16-21)28-26(19-9-5-4-6-10-19)25-22-11-7-8-12-23(22)29-27(25)33/h4-16,29,33H,17-18H2,1-3H3. The first-order chi connectivity index (χ1) is 15.9. The van der Waals surface area contributed by atoms with E-state index in [1.165, 1.54) is 0 Å². The van der Waals surface area contributed by atoms with Crippen molar-refractivity contribution in [2.75, 3.05) is 32.6 Å². The van der Waals surface area contributed by atoms with Crippen LogP contribution in [0.25, 0.3) is 10.9 Å². The molecule has 0 aliphatic carbocycles. The Morgan fingerprint density at radius 2 is 1.58 bits per heavy atom. The number of aromatic nitrogens is 1. The number of aromatic hydroxyl groups is 1. The molecule has 0 saturated carbocycles. The lowest BCUT2D eigenvalue weighted by Crippen LogP contribution is -2.29. The fraction of sp³-hybridized carbons (Fsp3) is 0.185. The van der Waals surface area contributed by atoms with Crippen LogP contribution in [-0.2, 0) is 4.79 Å². The predicted octanol–water partition coefficient (Wildman–Crippen LogP) is 4.96. The summed E-state index contributed by atoms with van der Waals surface area (Å²) in [6.07, 6.45) is 0.460. The third kappa shape index (κ3) is 4.96. The molecule has 168 valence electrons. The molecule has 1 heterocycles. The Balaban J connectivity index is 1.70. The molecule has 6 heteroatoms. The average molecular weight is 441 g/mol. The minimum Gasteiger partial charge on any atom is -0.494 e. The third-order valence-electron chi connectivity index (χ3n) is 5.60. The molecule has 1 amide bonds. The largest absolute Gasteiger partial charge is 0.494 e. The van der Waals surface area contributed by atoms with Gasteiger partial charge in [-0.1, -0.05) is 48.5 Å². The van der Waals surface area contributed by atoms with Crippen molar-refractivity contribution in [3.05, 3.63) is 90.0 Å². The van der Waals surface area contributed by atoms with Gasteiger partial charge in [0.1, 0.15) is 0 Å². The maximum absolute atomic E-state index is 12.5. The number of hydrogen-bond donors (Lipinski definition) is 2. The maximum atomic E-state index is 12.5. The molecule has 0 spiro atoms. The van der Waals surface area contributed by atoms with E-state index in [0.29, 0.717) is 24.2 Å². The van der Waals surface area contributed by atoms with Gasteiger partial charge in [-0.3, -0.25) is 4.79 Å². The molecule has 4 rings (SSSR count). The number of carbonyl (C=O) groups is 1. The summed E-state index contributed by atoms with van der Waals surface area (Å²) in [5.41, 5.74) is 4.63. The van der Waals surface area contributed by atoms with Crippen LogP contribution < -0.4 is 4.90 Å². The van der Waals surface area contributed by atoms with E-state index >= 15 is 0 Å². The molecule has 33 heavy (non-hydrogen) atoms. The number of hydrogen-bond acceptors (Lipinski definition) is 4. The van der Waals surface area contributed by atoms with Crippen molar-refractivity contribution in [1.29, 1.82) is 0 Å². The Morgan fingerprint density at radius 3 is 2.27 bits per heavy atom. The number of anilines is 1. The number of nitrogens with one attached hydrogen (secondary N) is 1. The van der Waals surface area contributed by atoms with E-state index in [4.69, 9.17) is 4.99 Å². The normalized spacial score (nSPS) is 11.8. The SMILES string of the molecule is CN(C)CCC(=O)N(C)c1ccc(N=C(c2ccccc2)c2c(O)[nH]c3ccccc23)cc1. The van der Waals surface area contributed by atoms with E-state index < -0.39 is 0 Å². The van der Waals surface area contributed by atoms with Crippen molar-refractivity contribution in [2.24, 2.45) is 4.99 Å². The number of amides is 1. The number of aliphatic imine (C=N–C) groups is 1. The number of aromatic amines is 1. The van der Waals surface area contributed by atoms with Crippen LogP contribution in [0.1, 0.15) is 17.5 Å². The minimum absolute atomic E-state index is 0.0636. The second-order valence-corrected chi connectivity index (χ2v) is 8.24. The number of nitrogens with zero attached hydrogens (tertiary/aromatic N) is 3. The van der Waals surface area contributed by atoms with E-state index in [1.54, 1.807) is 11.9 Å². The number of para-hydroxylation sites is 1. The van der Waals surface area contributed by atoms with Crippen molar-refractivity contribution < 1.29 is 9.90 Å². The number of carbonyl (C=O) groups excluding carboxylic acids is 1. The summed E-state index contributed by atoms with van der Waals surface area (Å²) in [5.74, 6) is 0.148. The Labute approximate surface area is 193 Å². The summed E-state index contributed by atoms with van der Waals surface area (Å²) >= 11 is 0. The first-order valence-electron chi connectivity index (χ1n) is 10.9. The summed E-state index contributed by atoms with van der Waals surface area (Å²) in [5, 5.41) is 11.6. The van der Waals surface area contributed by atoms with Gasteiger partial charge in [-0.05, 0) is 44.4 Å². The Morgan fingerprint density at radius 1 is 0.909 bits per heavy atom. The van der Waals surface area contributed by atoms with Gasteiger partial charge in [0.05, 0.1) is 17.0 Å². The van der Waals surface area contributed by atoms with E-state index in [9.17, 15) is 9.90 Å². The fourth-order valence-electron chi connectivity index (χ4n) is 3.74. The fourth-order valence-corrected chi connectivity index (χ4v) is 3.74. The third-order valence-corrected chi connectivity index (χ3v) is 5.60. The predicted molar refractivity (Wildman–Crippen MR) is 135 cm³/mol. The molecular weight excluding hydrogens is 412 g/mol. The van der Waals surface area contributed by atoms with Crippen molar-refractivity contribution in [3.8, 4) is 5.88 Å². The van der Waals surface area contributed by atoms with Gasteiger partial charge in [0, 0.05) is 42.2 Å². The highest BCUT2D eigenvalue weighted by Crippen LogP contribution is 2.31. The van der Waals surface area contributed by atoms with E-state index in [2.05, 4.69) is 4.98 Å². The summed E-state index contributed by atoms with van der Waals surface area (Å²) in [7, 11) is 5.70. The molecule has 0 saturated heterocycles. The smallest absolute Gasteiger partial charge is 0.228 e. The summed E-state index contributed by atoms with van der Waals surface area (Å²) in [6.45, 7) is 0.708. The average Bonchev–Trinajstić information content (AvgIpc) is 3.17. The lowest BCUT2D eigenvalue weighted by Gasteiger charge is -2.19. The molecule has 0 atom stereocenters. The van der Waals surface area contributed by atoms with Crippen molar-refractivity contribution in [1.82, 2.24) is 9.88 Å². The number of fused-ring (bicyclic) bond motifs is 1. The van der Waals surface area contributed by atoms with E-state index in [-0.39, 0.29) is 11.8 Å². The summed E-state index contributed by atoms with van der Waals surface area (Å²) in [6, 6.07) is 25.1. The maximum Gasteiger partial charge on any atom is 0.228 e.